The van der Waals surface area contributed by atoms with Gasteiger partial charge in [0.05, 0.1) is 0 Å². The molecule has 1 aromatic rings. The molecule has 1 aromatic carbocycles. The Morgan fingerprint density at radius 1 is 1.40 bits per heavy atom. The van der Waals surface area contributed by atoms with Crippen LogP contribution >= 0.6 is 0 Å². The summed E-state index contributed by atoms with van der Waals surface area (Å²) in [7, 11) is 0. The Kier molecular flexibility index (Phi) is 4.32. The first-order valence-corrected chi connectivity index (χ1v) is 4.48. The van der Waals surface area contributed by atoms with E-state index in [4.69, 9.17) is 5.73 Å². The first kappa shape index (κ1) is 11.2. The molecule has 0 fully saturated rings. The van der Waals surface area contributed by atoms with Gasteiger partial charge in [-0.25, -0.2) is 4.39 Å². The van der Waals surface area contributed by atoms with Crippen molar-refractivity contribution in [1.29, 1.82) is 0 Å². The summed E-state index contributed by atoms with van der Waals surface area (Å²) < 4.78 is 12.5. The Bertz CT molecular complexity index is 389. The lowest BCUT2D eigenvalue weighted by molar-refractivity contribution is -0.115. The number of nitrogens with one attached hydrogen (secondary N) is 1. The van der Waals surface area contributed by atoms with Crippen LogP contribution in [0.25, 0.3) is 0 Å². The van der Waals surface area contributed by atoms with Gasteiger partial charge in [-0.1, -0.05) is 5.92 Å². The van der Waals surface area contributed by atoms with Crippen molar-refractivity contribution in [1.82, 2.24) is 5.32 Å². The molecule has 0 radical (unpaired) electrons. The summed E-state index contributed by atoms with van der Waals surface area (Å²) >= 11 is 0. The maximum absolute atomic E-state index is 12.5. The van der Waals surface area contributed by atoms with E-state index in [-0.39, 0.29) is 11.7 Å². The third-order valence-corrected chi connectivity index (χ3v) is 1.59. The molecule has 0 aliphatic heterocycles. The van der Waals surface area contributed by atoms with Crippen LogP contribution in [0.15, 0.2) is 24.3 Å². The first-order valence-electron chi connectivity index (χ1n) is 4.48. The molecule has 4 heteroatoms. The van der Waals surface area contributed by atoms with Gasteiger partial charge in [-0.15, -0.1) is 0 Å². The molecule has 3 N–H and O–H groups in total. The molecular formula is C11H11FN2O. The van der Waals surface area contributed by atoms with E-state index in [0.29, 0.717) is 18.7 Å². The first-order chi connectivity index (χ1) is 7.22. The highest BCUT2D eigenvalue weighted by molar-refractivity contribution is 5.94. The second kappa shape index (κ2) is 5.78. The highest BCUT2D eigenvalue weighted by Gasteiger charge is 1.92. The molecule has 0 unspecified atom stereocenters. The fourth-order valence-electron chi connectivity index (χ4n) is 0.892. The number of carbonyl (C=O) groups excluding carboxylic acids is 1. The van der Waals surface area contributed by atoms with Crippen molar-refractivity contribution in [2.75, 3.05) is 13.1 Å². The van der Waals surface area contributed by atoms with Gasteiger partial charge in [0.2, 0.25) is 0 Å². The second-order valence-electron chi connectivity index (χ2n) is 2.80. The molecule has 15 heavy (non-hydrogen) atoms. The zero-order valence-corrected chi connectivity index (χ0v) is 8.09. The van der Waals surface area contributed by atoms with Crippen LogP contribution < -0.4 is 11.1 Å². The van der Waals surface area contributed by atoms with Gasteiger partial charge < -0.3 is 11.1 Å². The third-order valence-electron chi connectivity index (χ3n) is 1.59. The van der Waals surface area contributed by atoms with Crippen molar-refractivity contribution in [3.63, 3.8) is 0 Å². The molecule has 0 bridgehead atoms. The smallest absolute Gasteiger partial charge is 0.296 e. The van der Waals surface area contributed by atoms with E-state index in [1.807, 2.05) is 0 Å². The number of amides is 1. The van der Waals surface area contributed by atoms with Crippen LogP contribution in [-0.4, -0.2) is 19.0 Å². The van der Waals surface area contributed by atoms with Crippen molar-refractivity contribution in [3.8, 4) is 11.8 Å². The predicted octanol–water partition coefficient (Wildman–Crippen LogP) is 0.252. The van der Waals surface area contributed by atoms with Crippen LogP contribution in [0.2, 0.25) is 0 Å². The van der Waals surface area contributed by atoms with E-state index >= 15 is 0 Å². The molecule has 0 saturated carbocycles. The molecule has 0 atom stereocenters. The van der Waals surface area contributed by atoms with Crippen LogP contribution in [0.3, 0.4) is 0 Å². The van der Waals surface area contributed by atoms with E-state index in [1.165, 1.54) is 24.3 Å². The van der Waals surface area contributed by atoms with E-state index in [2.05, 4.69) is 17.2 Å². The van der Waals surface area contributed by atoms with Crippen LogP contribution in [0.1, 0.15) is 5.56 Å². The molecule has 0 heterocycles. The fourth-order valence-corrected chi connectivity index (χ4v) is 0.892. The summed E-state index contributed by atoms with van der Waals surface area (Å²) in [5.74, 6) is 4.28. The molecule has 0 saturated heterocycles. The van der Waals surface area contributed by atoms with Gasteiger partial charge in [-0.05, 0) is 24.3 Å². The van der Waals surface area contributed by atoms with Gasteiger partial charge in [0, 0.05) is 24.6 Å². The number of nitrogens with two attached hydrogens (primary N) is 1. The molecule has 0 aliphatic rings. The summed E-state index contributed by atoms with van der Waals surface area (Å²) in [4.78, 5) is 11.0. The lowest BCUT2D eigenvalue weighted by Gasteiger charge is -1.94. The number of hydrogen-bond acceptors (Lipinski definition) is 2. The molecule has 1 rings (SSSR count). The van der Waals surface area contributed by atoms with Crippen LogP contribution in [0.4, 0.5) is 4.39 Å². The van der Waals surface area contributed by atoms with Crippen molar-refractivity contribution in [3.05, 3.63) is 35.6 Å². The van der Waals surface area contributed by atoms with Gasteiger partial charge in [0.15, 0.2) is 0 Å². The molecular weight excluding hydrogens is 195 g/mol. The maximum atomic E-state index is 12.5. The number of halogens is 1. The molecule has 0 spiro atoms. The van der Waals surface area contributed by atoms with Crippen molar-refractivity contribution < 1.29 is 9.18 Å². The highest BCUT2D eigenvalue weighted by atomic mass is 19.1. The molecule has 78 valence electrons. The predicted molar refractivity (Wildman–Crippen MR) is 55.3 cm³/mol. The fraction of sp³-hybridized carbons (Fsp3) is 0.182. The maximum Gasteiger partial charge on any atom is 0.296 e. The van der Waals surface area contributed by atoms with E-state index in [0.717, 1.165) is 0 Å². The number of rotatable bonds is 2. The normalized spacial score (nSPS) is 8.93. The zero-order valence-electron chi connectivity index (χ0n) is 8.09. The SMILES string of the molecule is NCCNC(=O)C#Cc1ccc(F)cc1. The number of carbonyl (C=O) groups is 1. The van der Waals surface area contributed by atoms with Crippen LogP contribution in [0, 0.1) is 17.7 Å². The highest BCUT2D eigenvalue weighted by Crippen LogP contribution is 2.00. The molecule has 0 aliphatic carbocycles. The lowest BCUT2D eigenvalue weighted by atomic mass is 10.2. The average Bonchev–Trinajstić information content (AvgIpc) is 2.25. The van der Waals surface area contributed by atoms with Gasteiger partial charge in [-0.2, -0.15) is 0 Å². The topological polar surface area (TPSA) is 55.1 Å². The van der Waals surface area contributed by atoms with Crippen LogP contribution in [-0.2, 0) is 4.79 Å². The Hall–Kier alpha value is -1.86. The summed E-state index contributed by atoms with van der Waals surface area (Å²) in [6.45, 7) is 0.779. The minimum Gasteiger partial charge on any atom is -0.344 e. The van der Waals surface area contributed by atoms with Gasteiger partial charge in [-0.3, -0.25) is 4.79 Å². The van der Waals surface area contributed by atoms with Gasteiger partial charge >= 0.3 is 0 Å². The standard InChI is InChI=1S/C11H11FN2O/c12-10-4-1-9(2-5-10)3-6-11(15)14-8-7-13/h1-2,4-5H,7-8,13H2,(H,14,15). The summed E-state index contributed by atoms with van der Waals surface area (Å²) in [5.41, 5.74) is 5.79. The minimum absolute atomic E-state index is 0.326. The van der Waals surface area contributed by atoms with Gasteiger partial charge in [0.1, 0.15) is 5.82 Å². The minimum atomic E-state index is -0.384. The number of hydrogen-bond donors (Lipinski definition) is 2. The Morgan fingerprint density at radius 3 is 2.67 bits per heavy atom. The second-order valence-corrected chi connectivity index (χ2v) is 2.80. The summed E-state index contributed by atoms with van der Waals surface area (Å²) in [5, 5.41) is 2.50. The van der Waals surface area contributed by atoms with E-state index < -0.39 is 0 Å². The summed E-state index contributed by atoms with van der Waals surface area (Å²) in [6, 6.07) is 5.61. The van der Waals surface area contributed by atoms with E-state index in [1.54, 1.807) is 0 Å². The molecule has 0 aromatic heterocycles. The zero-order chi connectivity index (χ0) is 11.1. The van der Waals surface area contributed by atoms with Crippen LogP contribution in [0.5, 0.6) is 0 Å². The quantitative estimate of drug-likeness (QED) is 0.682. The Morgan fingerprint density at radius 2 is 2.07 bits per heavy atom. The van der Waals surface area contributed by atoms with Crippen molar-refractivity contribution in [2.45, 2.75) is 0 Å². The van der Waals surface area contributed by atoms with Crippen molar-refractivity contribution >= 4 is 5.91 Å². The van der Waals surface area contributed by atoms with Gasteiger partial charge in [0.25, 0.3) is 5.91 Å². The molecule has 1 amide bonds. The Labute approximate surface area is 87.5 Å². The third kappa shape index (κ3) is 4.25. The Balaban J connectivity index is 2.57. The summed E-state index contributed by atoms with van der Waals surface area (Å²) in [6.07, 6.45) is 0. The average molecular weight is 206 g/mol. The largest absolute Gasteiger partial charge is 0.344 e. The molecule has 3 nitrogen and oxygen atoms in total. The van der Waals surface area contributed by atoms with Crippen molar-refractivity contribution in [2.24, 2.45) is 5.73 Å². The monoisotopic (exact) mass is 206 g/mol. The van der Waals surface area contributed by atoms with E-state index in [9.17, 15) is 9.18 Å². The lowest BCUT2D eigenvalue weighted by Crippen LogP contribution is -2.27. The number of benzene rings is 1.